The van der Waals surface area contributed by atoms with Crippen LogP contribution in [0.2, 0.25) is 0 Å². The van der Waals surface area contributed by atoms with Crippen LogP contribution in [0.5, 0.6) is 0 Å². The van der Waals surface area contributed by atoms with Crippen molar-refractivity contribution in [3.05, 3.63) is 16.3 Å². The van der Waals surface area contributed by atoms with E-state index in [2.05, 4.69) is 31.0 Å². The van der Waals surface area contributed by atoms with Gasteiger partial charge >= 0.3 is 0 Å². The Hall–Kier alpha value is -1.24. The third-order valence-electron chi connectivity index (χ3n) is 4.00. The molecule has 2 aromatic rings. The summed E-state index contributed by atoms with van der Waals surface area (Å²) in [6, 6.07) is 0. The fourth-order valence-electron chi connectivity index (χ4n) is 2.78. The van der Waals surface area contributed by atoms with E-state index in [1.807, 2.05) is 7.05 Å². The van der Waals surface area contributed by atoms with Gasteiger partial charge in [0.05, 0.1) is 24.6 Å². The molecular weight excluding hydrogens is 284 g/mol. The molecule has 0 amide bonds. The highest BCUT2D eigenvalue weighted by atomic mass is 32.1. The fraction of sp³-hybridized carbons (Fsp3) is 0.600. The minimum Gasteiger partial charge on any atom is -0.376 e. The molecule has 21 heavy (non-hydrogen) atoms. The van der Waals surface area contributed by atoms with Crippen LogP contribution < -0.4 is 5.32 Å². The van der Waals surface area contributed by atoms with Crippen LogP contribution in [0.15, 0.2) is 0 Å². The number of rotatable bonds is 3. The molecule has 5 nitrogen and oxygen atoms in total. The number of morpholine rings is 1. The third-order valence-corrected chi connectivity index (χ3v) is 5.10. The van der Waals surface area contributed by atoms with Crippen molar-refractivity contribution in [2.24, 2.45) is 0 Å². The van der Waals surface area contributed by atoms with Gasteiger partial charge in [0.25, 0.3) is 0 Å². The topological polar surface area (TPSA) is 50.3 Å². The van der Waals surface area contributed by atoms with Crippen LogP contribution in [-0.4, -0.2) is 47.7 Å². The molecule has 1 aliphatic heterocycles. The predicted octanol–water partition coefficient (Wildman–Crippen LogP) is 2.57. The fourth-order valence-corrected chi connectivity index (χ4v) is 3.83. The van der Waals surface area contributed by atoms with E-state index < -0.39 is 0 Å². The molecule has 1 atom stereocenters. The number of hydrogen-bond acceptors (Lipinski definition) is 6. The quantitative estimate of drug-likeness (QED) is 0.944. The summed E-state index contributed by atoms with van der Waals surface area (Å²) in [5.41, 5.74) is 1.28. The summed E-state index contributed by atoms with van der Waals surface area (Å²) in [6.07, 6.45) is 0.289. The van der Waals surface area contributed by atoms with Crippen molar-refractivity contribution in [3.8, 4) is 0 Å². The van der Waals surface area contributed by atoms with Gasteiger partial charge in [0, 0.05) is 25.0 Å². The van der Waals surface area contributed by atoms with Gasteiger partial charge < -0.3 is 10.1 Å². The minimum atomic E-state index is 0.289. The lowest BCUT2D eigenvalue weighted by molar-refractivity contribution is -0.0219. The molecule has 3 heterocycles. The number of anilines is 1. The first-order valence-electron chi connectivity index (χ1n) is 7.36. The minimum absolute atomic E-state index is 0.289. The van der Waals surface area contributed by atoms with E-state index in [1.54, 1.807) is 11.3 Å². The normalized spacial score (nSPS) is 20.1. The summed E-state index contributed by atoms with van der Waals surface area (Å²) >= 11 is 1.75. The van der Waals surface area contributed by atoms with E-state index in [9.17, 15) is 0 Å². The largest absolute Gasteiger partial charge is 0.376 e. The van der Waals surface area contributed by atoms with Gasteiger partial charge in [-0.15, -0.1) is 11.3 Å². The number of nitrogens with zero attached hydrogens (tertiary/aromatic N) is 3. The van der Waals surface area contributed by atoms with Crippen LogP contribution >= 0.6 is 11.3 Å². The standard InChI is InChI=1S/C15H22N4OS/c1-9-7-19(5-6-20-9)8-12-17-14(16-4)13-10(2)11(3)21-15(13)18-12/h9H,5-8H2,1-4H3,(H,16,17,18). The smallest absolute Gasteiger partial charge is 0.146 e. The van der Waals surface area contributed by atoms with Crippen molar-refractivity contribution >= 4 is 27.4 Å². The summed E-state index contributed by atoms with van der Waals surface area (Å²) in [5.74, 6) is 1.83. The van der Waals surface area contributed by atoms with E-state index >= 15 is 0 Å². The lowest BCUT2D eigenvalue weighted by Gasteiger charge is -2.30. The second kappa shape index (κ2) is 5.87. The van der Waals surface area contributed by atoms with Gasteiger partial charge in [-0.25, -0.2) is 9.97 Å². The first-order chi connectivity index (χ1) is 10.1. The van der Waals surface area contributed by atoms with E-state index in [4.69, 9.17) is 14.7 Å². The van der Waals surface area contributed by atoms with Crippen LogP contribution in [0.1, 0.15) is 23.2 Å². The average Bonchev–Trinajstić information content (AvgIpc) is 2.73. The Bertz CT molecular complexity index is 655. The number of fused-ring (bicyclic) bond motifs is 1. The molecule has 0 radical (unpaired) electrons. The molecule has 6 heteroatoms. The molecule has 0 aromatic carbocycles. The Morgan fingerprint density at radius 2 is 2.19 bits per heavy atom. The molecule has 1 N–H and O–H groups in total. The zero-order valence-corrected chi connectivity index (χ0v) is 13.9. The van der Waals surface area contributed by atoms with Crippen LogP contribution in [-0.2, 0) is 11.3 Å². The van der Waals surface area contributed by atoms with Crippen molar-refractivity contribution in [1.82, 2.24) is 14.9 Å². The van der Waals surface area contributed by atoms with Crippen LogP contribution in [0.4, 0.5) is 5.82 Å². The second-order valence-corrected chi connectivity index (χ2v) is 6.82. The van der Waals surface area contributed by atoms with E-state index in [-0.39, 0.29) is 6.10 Å². The van der Waals surface area contributed by atoms with Crippen LogP contribution in [0.3, 0.4) is 0 Å². The Labute approximate surface area is 129 Å². The summed E-state index contributed by atoms with van der Waals surface area (Å²) in [5, 5.41) is 4.39. The third kappa shape index (κ3) is 2.88. The molecule has 0 spiro atoms. The SMILES string of the molecule is CNc1nc(CN2CCOC(C)C2)nc2sc(C)c(C)c12. The van der Waals surface area contributed by atoms with Gasteiger partial charge in [-0.3, -0.25) is 4.90 Å². The number of ether oxygens (including phenoxy) is 1. The van der Waals surface area contributed by atoms with Crippen molar-refractivity contribution in [2.75, 3.05) is 32.1 Å². The summed E-state index contributed by atoms with van der Waals surface area (Å²) in [4.78, 5) is 14.2. The summed E-state index contributed by atoms with van der Waals surface area (Å²) in [6.45, 7) is 9.86. The predicted molar refractivity (Wildman–Crippen MR) is 87.1 cm³/mol. The van der Waals surface area contributed by atoms with Crippen molar-refractivity contribution in [3.63, 3.8) is 0 Å². The maximum absolute atomic E-state index is 5.59. The molecule has 3 rings (SSSR count). The van der Waals surface area contributed by atoms with Gasteiger partial charge in [0.2, 0.25) is 0 Å². The van der Waals surface area contributed by atoms with E-state index in [1.165, 1.54) is 15.8 Å². The number of aromatic nitrogens is 2. The number of nitrogens with one attached hydrogen (secondary N) is 1. The maximum atomic E-state index is 5.59. The average molecular weight is 306 g/mol. The number of hydrogen-bond donors (Lipinski definition) is 1. The van der Waals surface area contributed by atoms with Crippen molar-refractivity contribution in [1.29, 1.82) is 0 Å². The van der Waals surface area contributed by atoms with Gasteiger partial charge in [-0.2, -0.15) is 0 Å². The van der Waals surface area contributed by atoms with Gasteiger partial charge in [0.15, 0.2) is 0 Å². The summed E-state index contributed by atoms with van der Waals surface area (Å²) in [7, 11) is 1.93. The molecule has 1 unspecified atom stereocenters. The zero-order valence-electron chi connectivity index (χ0n) is 13.1. The molecule has 0 bridgehead atoms. The molecular formula is C15H22N4OS. The van der Waals surface area contributed by atoms with E-state index in [0.717, 1.165) is 42.7 Å². The first kappa shape index (κ1) is 14.7. The second-order valence-electron chi connectivity index (χ2n) is 5.62. The highest BCUT2D eigenvalue weighted by Gasteiger charge is 2.19. The lowest BCUT2D eigenvalue weighted by Crippen LogP contribution is -2.40. The Morgan fingerprint density at radius 3 is 2.90 bits per heavy atom. The monoisotopic (exact) mass is 306 g/mol. The Balaban J connectivity index is 1.92. The van der Waals surface area contributed by atoms with Crippen molar-refractivity contribution in [2.45, 2.75) is 33.4 Å². The Kier molecular flexibility index (Phi) is 4.10. The molecule has 1 aliphatic rings. The molecule has 1 fully saturated rings. The van der Waals surface area contributed by atoms with E-state index in [0.29, 0.717) is 0 Å². The van der Waals surface area contributed by atoms with Gasteiger partial charge in [0.1, 0.15) is 16.5 Å². The van der Waals surface area contributed by atoms with Crippen LogP contribution in [0, 0.1) is 13.8 Å². The first-order valence-corrected chi connectivity index (χ1v) is 8.18. The highest BCUT2D eigenvalue weighted by molar-refractivity contribution is 7.18. The Morgan fingerprint density at radius 1 is 1.38 bits per heavy atom. The van der Waals surface area contributed by atoms with Crippen LogP contribution in [0.25, 0.3) is 10.2 Å². The summed E-state index contributed by atoms with van der Waals surface area (Å²) < 4.78 is 5.59. The molecule has 114 valence electrons. The van der Waals surface area contributed by atoms with Gasteiger partial charge in [-0.05, 0) is 26.3 Å². The number of thiophene rings is 1. The molecule has 0 aliphatic carbocycles. The van der Waals surface area contributed by atoms with Crippen molar-refractivity contribution < 1.29 is 4.74 Å². The molecule has 2 aromatic heterocycles. The maximum Gasteiger partial charge on any atom is 0.146 e. The lowest BCUT2D eigenvalue weighted by atomic mass is 10.2. The van der Waals surface area contributed by atoms with Gasteiger partial charge in [-0.1, -0.05) is 0 Å². The highest BCUT2D eigenvalue weighted by Crippen LogP contribution is 2.33. The zero-order chi connectivity index (χ0) is 15.0. The number of aryl methyl sites for hydroxylation is 2. The molecule has 0 saturated carbocycles. The molecule has 1 saturated heterocycles.